The summed E-state index contributed by atoms with van der Waals surface area (Å²) in [6, 6.07) is 10.8. The fraction of sp³-hybridized carbons (Fsp3) is 0.0714. The van der Waals surface area contributed by atoms with Crippen LogP contribution in [0.2, 0.25) is 0 Å². The van der Waals surface area contributed by atoms with Gasteiger partial charge in [0.2, 0.25) is 0 Å². The van der Waals surface area contributed by atoms with Crippen LogP contribution in [0.15, 0.2) is 51.8 Å². The Bertz CT molecular complexity index is 671. The first-order valence-corrected chi connectivity index (χ1v) is 7.74. The third-order valence-corrected chi connectivity index (χ3v) is 4.56. The van der Waals surface area contributed by atoms with Gasteiger partial charge in [-0.2, -0.15) is 0 Å². The zero-order valence-electron chi connectivity index (χ0n) is 10.2. The molecular weight excluding hydrogens is 347 g/mol. The highest BCUT2D eigenvalue weighted by molar-refractivity contribution is 9.10. The van der Waals surface area contributed by atoms with Crippen molar-refractivity contribution in [3.8, 4) is 0 Å². The highest BCUT2D eigenvalue weighted by Crippen LogP contribution is 2.18. The van der Waals surface area contributed by atoms with E-state index in [2.05, 4.69) is 15.9 Å². The Kier molecular flexibility index (Phi) is 4.67. The first-order valence-electron chi connectivity index (χ1n) is 5.63. The number of rotatable bonds is 4. The van der Waals surface area contributed by atoms with Gasteiger partial charge in [-0.3, -0.25) is 4.21 Å². The zero-order chi connectivity index (χ0) is 14.7. The van der Waals surface area contributed by atoms with E-state index in [-0.39, 0.29) is 11.3 Å². The largest absolute Gasteiger partial charge is 0.478 e. The Morgan fingerprint density at radius 2 is 1.85 bits per heavy atom. The molecule has 2 aromatic rings. The smallest absolute Gasteiger partial charge is 0.338 e. The summed E-state index contributed by atoms with van der Waals surface area (Å²) in [6.45, 7) is 0. The van der Waals surface area contributed by atoms with E-state index < -0.39 is 22.6 Å². The average Bonchev–Trinajstić information content (AvgIpc) is 2.39. The molecule has 2 rings (SSSR count). The maximum absolute atomic E-state index is 13.5. The van der Waals surface area contributed by atoms with Crippen LogP contribution in [0.1, 0.15) is 15.9 Å². The second kappa shape index (κ2) is 6.28. The Morgan fingerprint density at radius 3 is 2.40 bits per heavy atom. The highest BCUT2D eigenvalue weighted by atomic mass is 79.9. The average molecular weight is 357 g/mol. The van der Waals surface area contributed by atoms with Gasteiger partial charge in [0, 0.05) is 9.37 Å². The normalized spacial score (nSPS) is 12.1. The molecule has 1 N–H and O–H groups in total. The summed E-state index contributed by atoms with van der Waals surface area (Å²) in [5.41, 5.74) is 0.108. The second-order valence-corrected chi connectivity index (χ2v) is 6.43. The number of carboxylic acid groups (broad SMARTS) is 1. The van der Waals surface area contributed by atoms with Crippen LogP contribution in [0.4, 0.5) is 4.39 Å². The number of hydrogen-bond donors (Lipinski definition) is 1. The van der Waals surface area contributed by atoms with Gasteiger partial charge in [-0.25, -0.2) is 9.18 Å². The van der Waals surface area contributed by atoms with Crippen molar-refractivity contribution in [3.63, 3.8) is 0 Å². The molecule has 104 valence electrons. The molecule has 3 nitrogen and oxygen atoms in total. The van der Waals surface area contributed by atoms with Crippen molar-refractivity contribution in [3.05, 3.63) is 63.9 Å². The maximum atomic E-state index is 13.5. The molecular formula is C14H10BrFO3S. The molecule has 0 aromatic heterocycles. The van der Waals surface area contributed by atoms with Gasteiger partial charge in [-0.1, -0.05) is 22.0 Å². The molecule has 6 heteroatoms. The lowest BCUT2D eigenvalue weighted by atomic mass is 10.1. The predicted octanol–water partition coefficient (Wildman–Crippen LogP) is 3.59. The minimum atomic E-state index is -1.32. The number of benzene rings is 2. The number of aromatic carboxylic acids is 1. The molecule has 20 heavy (non-hydrogen) atoms. The fourth-order valence-electron chi connectivity index (χ4n) is 1.64. The fourth-order valence-corrected chi connectivity index (χ4v) is 3.00. The molecule has 0 aliphatic rings. The number of carboxylic acids is 1. The van der Waals surface area contributed by atoms with Crippen LogP contribution in [0.5, 0.6) is 0 Å². The van der Waals surface area contributed by atoms with E-state index in [9.17, 15) is 13.4 Å². The highest BCUT2D eigenvalue weighted by Gasteiger charge is 2.12. The molecule has 1 atom stereocenters. The van der Waals surface area contributed by atoms with Crippen molar-refractivity contribution >= 4 is 32.7 Å². The summed E-state index contributed by atoms with van der Waals surface area (Å²) in [7, 11) is -1.30. The molecule has 0 heterocycles. The molecule has 0 aliphatic heterocycles. The van der Waals surface area contributed by atoms with Crippen LogP contribution in [0.3, 0.4) is 0 Å². The predicted molar refractivity (Wildman–Crippen MR) is 77.6 cm³/mol. The number of carbonyl (C=O) groups is 1. The maximum Gasteiger partial charge on any atom is 0.338 e. The summed E-state index contributed by atoms with van der Waals surface area (Å²) in [4.78, 5) is 11.3. The van der Waals surface area contributed by atoms with Gasteiger partial charge in [-0.15, -0.1) is 0 Å². The van der Waals surface area contributed by atoms with Crippen molar-refractivity contribution in [2.24, 2.45) is 0 Å². The Morgan fingerprint density at radius 1 is 1.20 bits per heavy atom. The molecule has 0 saturated heterocycles. The molecule has 0 spiro atoms. The van der Waals surface area contributed by atoms with Gasteiger partial charge < -0.3 is 5.11 Å². The summed E-state index contributed by atoms with van der Waals surface area (Å²) in [6.07, 6.45) is 0. The van der Waals surface area contributed by atoms with Gasteiger partial charge in [-0.05, 0) is 42.0 Å². The molecule has 0 bridgehead atoms. The molecule has 0 amide bonds. The van der Waals surface area contributed by atoms with E-state index in [1.54, 1.807) is 24.3 Å². The lowest BCUT2D eigenvalue weighted by Gasteiger charge is -2.04. The molecule has 0 fully saturated rings. The first kappa shape index (κ1) is 14.9. The van der Waals surface area contributed by atoms with E-state index in [0.717, 1.165) is 10.5 Å². The van der Waals surface area contributed by atoms with E-state index in [4.69, 9.17) is 5.11 Å². The molecule has 2 aromatic carbocycles. The van der Waals surface area contributed by atoms with Crippen molar-refractivity contribution in [2.45, 2.75) is 10.6 Å². The van der Waals surface area contributed by atoms with Gasteiger partial charge in [0.15, 0.2) is 0 Å². The molecule has 0 saturated carbocycles. The van der Waals surface area contributed by atoms with Gasteiger partial charge in [0.05, 0.1) is 22.1 Å². The Hall–Kier alpha value is -1.53. The molecule has 1 unspecified atom stereocenters. The summed E-state index contributed by atoms with van der Waals surface area (Å²) < 4.78 is 26.5. The topological polar surface area (TPSA) is 54.4 Å². The van der Waals surface area contributed by atoms with Gasteiger partial charge >= 0.3 is 5.97 Å². The van der Waals surface area contributed by atoms with Crippen molar-refractivity contribution < 1.29 is 18.5 Å². The van der Waals surface area contributed by atoms with Crippen LogP contribution in [-0.2, 0) is 16.6 Å². The quantitative estimate of drug-likeness (QED) is 0.910. The lowest BCUT2D eigenvalue weighted by molar-refractivity contribution is 0.0692. The summed E-state index contributed by atoms with van der Waals surface area (Å²) >= 11 is 3.29. The van der Waals surface area contributed by atoms with Crippen molar-refractivity contribution in [1.82, 2.24) is 0 Å². The molecule has 0 radical (unpaired) electrons. The van der Waals surface area contributed by atoms with E-state index in [1.165, 1.54) is 12.1 Å². The first-order chi connectivity index (χ1) is 9.47. The SMILES string of the molecule is O=C(O)c1ccc(CS(=O)c2ccc(Br)cc2)cc1F. The van der Waals surface area contributed by atoms with Crippen molar-refractivity contribution in [2.75, 3.05) is 0 Å². The monoisotopic (exact) mass is 356 g/mol. The Balaban J connectivity index is 2.18. The van der Waals surface area contributed by atoms with Crippen LogP contribution in [0, 0.1) is 5.82 Å². The van der Waals surface area contributed by atoms with Crippen molar-refractivity contribution in [1.29, 1.82) is 0 Å². The minimum absolute atomic E-state index is 0.137. The van der Waals surface area contributed by atoms with Crippen LogP contribution < -0.4 is 0 Å². The standard InChI is InChI=1S/C14H10BrFO3S/c15-10-2-4-11(5-3-10)20(19)8-9-1-6-12(14(17)18)13(16)7-9/h1-7H,8H2,(H,17,18). The Labute approximate surface area is 126 Å². The second-order valence-electron chi connectivity index (χ2n) is 4.06. The third-order valence-electron chi connectivity index (χ3n) is 2.64. The van der Waals surface area contributed by atoms with Crippen LogP contribution >= 0.6 is 15.9 Å². The van der Waals surface area contributed by atoms with Crippen LogP contribution in [0.25, 0.3) is 0 Å². The lowest BCUT2D eigenvalue weighted by Crippen LogP contribution is -2.03. The van der Waals surface area contributed by atoms with Gasteiger partial charge in [0.1, 0.15) is 5.82 Å². The summed E-state index contributed by atoms with van der Waals surface area (Å²) in [5.74, 6) is -2.00. The summed E-state index contributed by atoms with van der Waals surface area (Å²) in [5, 5.41) is 8.74. The molecule has 0 aliphatic carbocycles. The zero-order valence-corrected chi connectivity index (χ0v) is 12.6. The third kappa shape index (κ3) is 3.52. The minimum Gasteiger partial charge on any atom is -0.478 e. The van der Waals surface area contributed by atoms with E-state index in [0.29, 0.717) is 10.5 Å². The van der Waals surface area contributed by atoms with Gasteiger partial charge in [0.25, 0.3) is 0 Å². The number of halogens is 2. The van der Waals surface area contributed by atoms with Crippen LogP contribution in [-0.4, -0.2) is 15.3 Å². The number of hydrogen-bond acceptors (Lipinski definition) is 2. The van der Waals surface area contributed by atoms with E-state index >= 15 is 0 Å². The van der Waals surface area contributed by atoms with E-state index in [1.807, 2.05) is 0 Å².